The van der Waals surface area contributed by atoms with Gasteiger partial charge in [-0.2, -0.15) is 5.10 Å². The summed E-state index contributed by atoms with van der Waals surface area (Å²) < 4.78 is 33.4. The van der Waals surface area contributed by atoms with Gasteiger partial charge in [0.2, 0.25) is 0 Å². The minimum Gasteiger partial charge on any atom is -0.497 e. The van der Waals surface area contributed by atoms with Crippen molar-refractivity contribution in [1.82, 2.24) is 9.78 Å². The fraction of sp³-hybridized carbons (Fsp3) is 0.250. The summed E-state index contributed by atoms with van der Waals surface area (Å²) in [6.45, 7) is 2.39. The SMILES string of the molecule is CCn1cc(S(=O)(=O)Nc2ccc(OC)cc2)c(N)n1. The lowest BCUT2D eigenvalue weighted by Crippen LogP contribution is -2.13. The van der Waals surface area contributed by atoms with Gasteiger partial charge in [-0.05, 0) is 31.2 Å². The highest BCUT2D eigenvalue weighted by Gasteiger charge is 2.21. The van der Waals surface area contributed by atoms with E-state index in [4.69, 9.17) is 10.5 Å². The van der Waals surface area contributed by atoms with E-state index in [1.807, 2.05) is 6.92 Å². The Morgan fingerprint density at radius 3 is 2.50 bits per heavy atom. The molecule has 0 bridgehead atoms. The number of nitrogens with two attached hydrogens (primary N) is 1. The zero-order chi connectivity index (χ0) is 14.8. The van der Waals surface area contributed by atoms with Crippen LogP contribution in [-0.4, -0.2) is 25.3 Å². The van der Waals surface area contributed by atoms with E-state index < -0.39 is 10.0 Å². The predicted molar refractivity (Wildman–Crippen MR) is 76.1 cm³/mol. The molecule has 0 aliphatic heterocycles. The zero-order valence-electron chi connectivity index (χ0n) is 11.2. The van der Waals surface area contributed by atoms with Crippen LogP contribution >= 0.6 is 0 Å². The third kappa shape index (κ3) is 2.85. The van der Waals surface area contributed by atoms with Crippen LogP contribution in [0.15, 0.2) is 35.4 Å². The molecule has 0 fully saturated rings. The highest BCUT2D eigenvalue weighted by atomic mass is 32.2. The highest BCUT2D eigenvalue weighted by Crippen LogP contribution is 2.22. The summed E-state index contributed by atoms with van der Waals surface area (Å²) in [6.07, 6.45) is 1.40. The van der Waals surface area contributed by atoms with Gasteiger partial charge in [-0.1, -0.05) is 0 Å². The van der Waals surface area contributed by atoms with E-state index in [0.717, 1.165) is 0 Å². The minimum absolute atomic E-state index is 0.0205. The molecule has 0 saturated heterocycles. The van der Waals surface area contributed by atoms with Gasteiger partial charge in [0.05, 0.1) is 7.11 Å². The van der Waals surface area contributed by atoms with Crippen molar-refractivity contribution in [2.45, 2.75) is 18.4 Å². The molecule has 108 valence electrons. The summed E-state index contributed by atoms with van der Waals surface area (Å²) in [6, 6.07) is 6.54. The van der Waals surface area contributed by atoms with Crippen molar-refractivity contribution in [2.24, 2.45) is 0 Å². The van der Waals surface area contributed by atoms with Gasteiger partial charge in [-0.15, -0.1) is 0 Å². The second-order valence-corrected chi connectivity index (χ2v) is 5.72. The van der Waals surface area contributed by atoms with Crippen molar-refractivity contribution < 1.29 is 13.2 Å². The molecule has 0 saturated carbocycles. The molecule has 0 aliphatic carbocycles. The van der Waals surface area contributed by atoms with Crippen LogP contribution in [0.4, 0.5) is 11.5 Å². The van der Waals surface area contributed by atoms with Gasteiger partial charge in [0, 0.05) is 18.4 Å². The quantitative estimate of drug-likeness (QED) is 0.866. The molecule has 3 N–H and O–H groups in total. The molecular formula is C12H16N4O3S. The van der Waals surface area contributed by atoms with Crippen LogP contribution in [0, 0.1) is 0 Å². The number of nitrogens with one attached hydrogen (secondary N) is 1. The van der Waals surface area contributed by atoms with E-state index in [0.29, 0.717) is 18.0 Å². The number of aromatic nitrogens is 2. The highest BCUT2D eigenvalue weighted by molar-refractivity contribution is 7.92. The van der Waals surface area contributed by atoms with Crippen LogP contribution in [0.3, 0.4) is 0 Å². The van der Waals surface area contributed by atoms with Crippen molar-refractivity contribution >= 4 is 21.5 Å². The molecule has 7 nitrogen and oxygen atoms in total. The van der Waals surface area contributed by atoms with E-state index >= 15 is 0 Å². The Hall–Kier alpha value is -2.22. The van der Waals surface area contributed by atoms with Gasteiger partial charge >= 0.3 is 0 Å². The lowest BCUT2D eigenvalue weighted by Gasteiger charge is -2.07. The van der Waals surface area contributed by atoms with E-state index in [2.05, 4.69) is 9.82 Å². The molecule has 0 spiro atoms. The number of ether oxygens (including phenoxy) is 1. The number of sulfonamides is 1. The number of rotatable bonds is 5. The Kier molecular flexibility index (Phi) is 3.84. The van der Waals surface area contributed by atoms with Gasteiger partial charge < -0.3 is 10.5 Å². The summed E-state index contributed by atoms with van der Waals surface area (Å²) in [4.78, 5) is -0.0323. The summed E-state index contributed by atoms with van der Waals surface area (Å²) >= 11 is 0. The first-order valence-electron chi connectivity index (χ1n) is 5.96. The number of aryl methyl sites for hydroxylation is 1. The largest absolute Gasteiger partial charge is 0.497 e. The van der Waals surface area contributed by atoms with E-state index in [9.17, 15) is 8.42 Å². The summed E-state index contributed by atoms with van der Waals surface area (Å²) in [7, 11) is -2.21. The number of hydrogen-bond acceptors (Lipinski definition) is 5. The Morgan fingerprint density at radius 1 is 1.35 bits per heavy atom. The van der Waals surface area contributed by atoms with Crippen molar-refractivity contribution in [3.05, 3.63) is 30.5 Å². The molecule has 8 heteroatoms. The number of anilines is 2. The summed E-state index contributed by atoms with van der Waals surface area (Å²) in [5.41, 5.74) is 6.06. The van der Waals surface area contributed by atoms with Crippen LogP contribution in [-0.2, 0) is 16.6 Å². The first-order valence-corrected chi connectivity index (χ1v) is 7.44. The van der Waals surface area contributed by atoms with Crippen LogP contribution in [0.2, 0.25) is 0 Å². The first-order chi connectivity index (χ1) is 9.46. The third-order valence-corrected chi connectivity index (χ3v) is 4.11. The molecule has 1 heterocycles. The normalized spacial score (nSPS) is 11.3. The number of hydrogen-bond donors (Lipinski definition) is 2. The first kappa shape index (κ1) is 14.2. The van der Waals surface area contributed by atoms with E-state index in [-0.39, 0.29) is 10.7 Å². The Labute approximate surface area is 117 Å². The molecule has 0 atom stereocenters. The molecule has 20 heavy (non-hydrogen) atoms. The second-order valence-electron chi connectivity index (χ2n) is 4.07. The standard InChI is InChI=1S/C12H16N4O3S/c1-3-16-8-11(12(13)14-16)20(17,18)15-9-4-6-10(19-2)7-5-9/h4-8,15H,3H2,1-2H3,(H2,13,14). The Balaban J connectivity index is 2.27. The van der Waals surface area contributed by atoms with Gasteiger partial charge in [0.1, 0.15) is 10.6 Å². The maximum absolute atomic E-state index is 12.2. The van der Waals surface area contributed by atoms with Crippen LogP contribution in [0.25, 0.3) is 0 Å². The summed E-state index contributed by atoms with van der Waals surface area (Å²) in [5, 5.41) is 3.92. The smallest absolute Gasteiger partial charge is 0.267 e. The minimum atomic E-state index is -3.75. The molecule has 0 amide bonds. The molecule has 0 unspecified atom stereocenters. The van der Waals surface area contributed by atoms with Gasteiger partial charge in [-0.3, -0.25) is 9.40 Å². The molecule has 1 aromatic heterocycles. The Bertz CT molecular complexity index is 692. The fourth-order valence-electron chi connectivity index (χ4n) is 1.66. The maximum Gasteiger partial charge on any atom is 0.267 e. The second kappa shape index (κ2) is 5.41. The topological polar surface area (TPSA) is 99.2 Å². The van der Waals surface area contributed by atoms with Gasteiger partial charge in [0.25, 0.3) is 10.0 Å². The number of nitrogen functional groups attached to an aromatic ring is 1. The summed E-state index contributed by atoms with van der Waals surface area (Å²) in [5.74, 6) is 0.624. The molecule has 1 aromatic carbocycles. The third-order valence-electron chi connectivity index (χ3n) is 2.71. The fourth-order valence-corrected chi connectivity index (χ4v) is 2.79. The van der Waals surface area contributed by atoms with Crippen molar-refractivity contribution in [3.8, 4) is 5.75 Å². The average Bonchev–Trinajstić information content (AvgIpc) is 2.81. The monoisotopic (exact) mass is 296 g/mol. The molecule has 0 radical (unpaired) electrons. The molecule has 0 aliphatic rings. The molecule has 2 rings (SSSR count). The average molecular weight is 296 g/mol. The van der Waals surface area contributed by atoms with Crippen LogP contribution in [0.5, 0.6) is 5.75 Å². The van der Waals surface area contributed by atoms with Crippen molar-refractivity contribution in [3.63, 3.8) is 0 Å². The van der Waals surface area contributed by atoms with Crippen molar-refractivity contribution in [1.29, 1.82) is 0 Å². The zero-order valence-corrected chi connectivity index (χ0v) is 12.0. The number of benzene rings is 1. The molecular weight excluding hydrogens is 280 g/mol. The van der Waals surface area contributed by atoms with Gasteiger partial charge in [0.15, 0.2) is 5.82 Å². The molecule has 2 aromatic rings. The van der Waals surface area contributed by atoms with E-state index in [1.54, 1.807) is 31.4 Å². The number of nitrogens with zero attached hydrogens (tertiary/aromatic N) is 2. The van der Waals surface area contributed by atoms with E-state index in [1.165, 1.54) is 10.9 Å². The lowest BCUT2D eigenvalue weighted by molar-refractivity contribution is 0.415. The number of methoxy groups -OCH3 is 1. The van der Waals surface area contributed by atoms with Crippen LogP contribution in [0.1, 0.15) is 6.92 Å². The Morgan fingerprint density at radius 2 is 2.00 bits per heavy atom. The van der Waals surface area contributed by atoms with Gasteiger partial charge in [-0.25, -0.2) is 8.42 Å². The van der Waals surface area contributed by atoms with Crippen molar-refractivity contribution in [2.75, 3.05) is 17.6 Å². The van der Waals surface area contributed by atoms with Crippen LogP contribution < -0.4 is 15.2 Å². The maximum atomic E-state index is 12.2. The lowest BCUT2D eigenvalue weighted by atomic mass is 10.3. The predicted octanol–water partition coefficient (Wildman–Crippen LogP) is 1.29.